The molecule has 136 valence electrons. The Bertz CT molecular complexity index is 381. The maximum Gasteiger partial charge on any atom is 0.0908 e. The van der Waals surface area contributed by atoms with Gasteiger partial charge in [0.05, 0.1) is 12.2 Å². The maximum atomic E-state index is 8.50. The zero-order valence-corrected chi connectivity index (χ0v) is 15.7. The van der Waals surface area contributed by atoms with Crippen LogP contribution in [0.15, 0.2) is 12.2 Å². The van der Waals surface area contributed by atoms with Gasteiger partial charge in [-0.1, -0.05) is 45.1 Å². The van der Waals surface area contributed by atoms with Gasteiger partial charge < -0.3 is 4.74 Å². The number of nitrogens with zero attached hydrogens (tertiary/aromatic N) is 1. The summed E-state index contributed by atoms with van der Waals surface area (Å²) in [6.45, 7) is 3.32. The molecule has 0 aromatic carbocycles. The van der Waals surface area contributed by atoms with Gasteiger partial charge in [0.2, 0.25) is 0 Å². The quantitative estimate of drug-likeness (QED) is 0.457. The number of hydrogen-bond donors (Lipinski definition) is 0. The molecule has 0 radical (unpaired) electrons. The van der Waals surface area contributed by atoms with E-state index >= 15 is 0 Å². The molecular weight excluding hydrogens is 294 g/mol. The number of rotatable bonds is 9. The maximum absolute atomic E-state index is 8.50. The van der Waals surface area contributed by atoms with Crippen LogP contribution in [0.5, 0.6) is 0 Å². The fraction of sp³-hybridized carbons (Fsp3) is 0.864. The molecule has 2 nitrogen and oxygen atoms in total. The van der Waals surface area contributed by atoms with Crippen molar-refractivity contribution in [3.63, 3.8) is 0 Å². The Morgan fingerprint density at radius 1 is 0.917 bits per heavy atom. The van der Waals surface area contributed by atoms with Crippen LogP contribution in [0.1, 0.15) is 90.4 Å². The lowest BCUT2D eigenvalue weighted by atomic mass is 9.80. The minimum atomic E-state index is 0.522. The lowest BCUT2D eigenvalue weighted by Gasteiger charge is -2.32. The molecule has 2 aliphatic carbocycles. The average molecular weight is 332 g/mol. The van der Waals surface area contributed by atoms with Crippen LogP contribution in [0, 0.1) is 29.1 Å². The van der Waals surface area contributed by atoms with Crippen molar-refractivity contribution >= 4 is 0 Å². The van der Waals surface area contributed by atoms with Crippen molar-refractivity contribution < 1.29 is 4.74 Å². The van der Waals surface area contributed by atoms with Crippen molar-refractivity contribution in [1.29, 1.82) is 5.26 Å². The van der Waals surface area contributed by atoms with Crippen LogP contribution in [0.2, 0.25) is 0 Å². The summed E-state index contributed by atoms with van der Waals surface area (Å²) in [5, 5.41) is 8.50. The van der Waals surface area contributed by atoms with Gasteiger partial charge in [0.15, 0.2) is 0 Å². The Hall–Kier alpha value is -0.810. The Labute approximate surface area is 149 Å². The smallest absolute Gasteiger partial charge is 0.0908 e. The molecule has 0 saturated heterocycles. The van der Waals surface area contributed by atoms with Crippen LogP contribution in [-0.4, -0.2) is 12.7 Å². The van der Waals surface area contributed by atoms with Crippen molar-refractivity contribution in [2.75, 3.05) is 6.61 Å². The molecule has 0 amide bonds. The van der Waals surface area contributed by atoms with E-state index in [1.807, 2.05) is 6.08 Å². The van der Waals surface area contributed by atoms with Crippen LogP contribution in [-0.2, 0) is 4.74 Å². The molecule has 0 heterocycles. The lowest BCUT2D eigenvalue weighted by Crippen LogP contribution is -2.26. The zero-order chi connectivity index (χ0) is 17.0. The summed E-state index contributed by atoms with van der Waals surface area (Å²) in [7, 11) is 0. The zero-order valence-electron chi connectivity index (χ0n) is 15.7. The van der Waals surface area contributed by atoms with Crippen LogP contribution in [0.4, 0.5) is 0 Å². The normalized spacial score (nSPS) is 31.2. The molecule has 0 aromatic heterocycles. The van der Waals surface area contributed by atoms with Crippen molar-refractivity contribution in [2.45, 2.75) is 96.5 Å². The van der Waals surface area contributed by atoms with Crippen LogP contribution in [0.3, 0.4) is 0 Å². The molecule has 0 unspecified atom stereocenters. The third kappa shape index (κ3) is 7.39. The van der Waals surface area contributed by atoms with Crippen LogP contribution in [0.25, 0.3) is 0 Å². The molecule has 0 bridgehead atoms. The molecule has 2 fully saturated rings. The summed E-state index contributed by atoms with van der Waals surface area (Å²) in [4.78, 5) is 0. The second-order valence-electron chi connectivity index (χ2n) is 8.11. The third-order valence-corrected chi connectivity index (χ3v) is 6.23. The third-order valence-electron chi connectivity index (χ3n) is 6.23. The highest BCUT2D eigenvalue weighted by Gasteiger charge is 2.24. The van der Waals surface area contributed by atoms with E-state index in [1.54, 1.807) is 6.08 Å². The number of unbranched alkanes of at least 4 members (excludes halogenated alkanes) is 1. The molecule has 0 N–H and O–H groups in total. The molecule has 2 heteroatoms. The minimum absolute atomic E-state index is 0.522. The van der Waals surface area contributed by atoms with Gasteiger partial charge in [0, 0.05) is 12.7 Å². The minimum Gasteiger partial charge on any atom is -0.378 e. The molecule has 2 saturated carbocycles. The first-order valence-electron chi connectivity index (χ1n) is 10.5. The summed E-state index contributed by atoms with van der Waals surface area (Å²) in [6, 6.07) is 2.07. The first kappa shape index (κ1) is 19.5. The van der Waals surface area contributed by atoms with E-state index in [2.05, 4.69) is 13.0 Å². The van der Waals surface area contributed by atoms with E-state index in [4.69, 9.17) is 10.00 Å². The standard InChI is InChI=1S/C22H37NO/c1-2-3-7-19-9-11-21(12-10-19)18-24-22-15-13-20(14-16-22)8-5-4-6-17-23/h4,6,19-22H,2-3,5,7-16,18H2,1H3/t19-,20-,21-,22-. The summed E-state index contributed by atoms with van der Waals surface area (Å²) >= 11 is 0. The molecule has 0 aromatic rings. The van der Waals surface area contributed by atoms with E-state index in [9.17, 15) is 0 Å². The summed E-state index contributed by atoms with van der Waals surface area (Å²) in [6.07, 6.45) is 21.5. The number of nitriles is 1. The van der Waals surface area contributed by atoms with Gasteiger partial charge in [-0.2, -0.15) is 5.26 Å². The Morgan fingerprint density at radius 3 is 2.21 bits per heavy atom. The molecule has 0 atom stereocenters. The largest absolute Gasteiger partial charge is 0.378 e. The van der Waals surface area contributed by atoms with Crippen molar-refractivity contribution in [2.24, 2.45) is 17.8 Å². The molecule has 0 aliphatic heterocycles. The van der Waals surface area contributed by atoms with E-state index in [0.717, 1.165) is 30.8 Å². The fourth-order valence-electron chi connectivity index (χ4n) is 4.51. The first-order chi connectivity index (χ1) is 11.8. The predicted molar refractivity (Wildman–Crippen MR) is 101 cm³/mol. The monoisotopic (exact) mass is 331 g/mol. The van der Waals surface area contributed by atoms with Gasteiger partial charge in [0.1, 0.15) is 0 Å². The van der Waals surface area contributed by atoms with Gasteiger partial charge in [-0.15, -0.1) is 0 Å². The fourth-order valence-corrected chi connectivity index (χ4v) is 4.51. The van der Waals surface area contributed by atoms with E-state index < -0.39 is 0 Å². The molecule has 24 heavy (non-hydrogen) atoms. The highest BCUT2D eigenvalue weighted by molar-refractivity contribution is 5.01. The summed E-state index contributed by atoms with van der Waals surface area (Å²) in [5.41, 5.74) is 0. The summed E-state index contributed by atoms with van der Waals surface area (Å²) in [5.74, 6) is 2.69. The van der Waals surface area contributed by atoms with Gasteiger partial charge in [-0.25, -0.2) is 0 Å². The van der Waals surface area contributed by atoms with Gasteiger partial charge in [-0.05, 0) is 69.1 Å². The van der Waals surface area contributed by atoms with Gasteiger partial charge in [-0.3, -0.25) is 0 Å². The Morgan fingerprint density at radius 2 is 1.54 bits per heavy atom. The molecule has 2 aliphatic rings. The molecular formula is C22H37NO. The topological polar surface area (TPSA) is 33.0 Å². The SMILES string of the molecule is CCCC[C@H]1CC[C@H](CO[C@H]2CC[C@H](CCC=CC#N)CC2)CC1. The highest BCUT2D eigenvalue weighted by atomic mass is 16.5. The first-order valence-corrected chi connectivity index (χ1v) is 10.5. The lowest BCUT2D eigenvalue weighted by molar-refractivity contribution is -0.0102. The second-order valence-corrected chi connectivity index (χ2v) is 8.11. The van der Waals surface area contributed by atoms with Crippen molar-refractivity contribution in [3.8, 4) is 6.07 Å². The second kappa shape index (κ2) is 11.7. The highest BCUT2D eigenvalue weighted by Crippen LogP contribution is 2.34. The van der Waals surface area contributed by atoms with Gasteiger partial charge in [0.25, 0.3) is 0 Å². The molecule has 0 spiro atoms. The van der Waals surface area contributed by atoms with E-state index in [0.29, 0.717) is 6.10 Å². The number of ether oxygens (including phenoxy) is 1. The Kier molecular flexibility index (Phi) is 9.51. The summed E-state index contributed by atoms with van der Waals surface area (Å²) < 4.78 is 6.27. The van der Waals surface area contributed by atoms with Crippen molar-refractivity contribution in [3.05, 3.63) is 12.2 Å². The van der Waals surface area contributed by atoms with Crippen LogP contribution < -0.4 is 0 Å². The molecule has 2 rings (SSSR count). The predicted octanol–water partition coefficient (Wildman–Crippen LogP) is 6.42. The Balaban J connectivity index is 1.52. The number of hydrogen-bond acceptors (Lipinski definition) is 2. The van der Waals surface area contributed by atoms with E-state index in [1.165, 1.54) is 77.0 Å². The van der Waals surface area contributed by atoms with E-state index in [-0.39, 0.29) is 0 Å². The van der Waals surface area contributed by atoms with Crippen molar-refractivity contribution in [1.82, 2.24) is 0 Å². The number of allylic oxidation sites excluding steroid dienone is 2. The van der Waals surface area contributed by atoms with Crippen LogP contribution >= 0.6 is 0 Å². The average Bonchev–Trinajstić information content (AvgIpc) is 2.64. The van der Waals surface area contributed by atoms with Gasteiger partial charge >= 0.3 is 0 Å².